The van der Waals surface area contributed by atoms with Gasteiger partial charge in [-0.2, -0.15) is 0 Å². The first-order valence-corrected chi connectivity index (χ1v) is 8.52. The number of nitro groups is 1. The van der Waals surface area contributed by atoms with Gasteiger partial charge in [-0.05, 0) is 31.2 Å². The third kappa shape index (κ3) is 4.21. The first-order chi connectivity index (χ1) is 12.0. The van der Waals surface area contributed by atoms with Crippen molar-refractivity contribution in [2.24, 2.45) is 0 Å². The molecule has 25 heavy (non-hydrogen) atoms. The number of carbonyl (C=O) groups excluding carboxylic acids is 1. The Hall–Kier alpha value is -2.74. The molecule has 0 aromatic heterocycles. The van der Waals surface area contributed by atoms with Crippen LogP contribution in [0.4, 0.5) is 11.4 Å². The Balaban J connectivity index is 1.64. The maximum absolute atomic E-state index is 12.3. The maximum Gasteiger partial charge on any atom is 0.271 e. The van der Waals surface area contributed by atoms with Gasteiger partial charge in [0.2, 0.25) is 5.91 Å². The number of nitrogens with one attached hydrogen (secondary N) is 1. The number of carbonyl (C=O) groups is 1. The third-order valence-corrected chi connectivity index (χ3v) is 4.61. The Labute approximate surface area is 148 Å². The Morgan fingerprint density at radius 2 is 1.96 bits per heavy atom. The summed E-state index contributed by atoms with van der Waals surface area (Å²) in [6, 6.07) is 11.4. The second-order valence-electron chi connectivity index (χ2n) is 5.36. The van der Waals surface area contributed by atoms with Gasteiger partial charge in [0.15, 0.2) is 11.5 Å². The minimum absolute atomic E-state index is 0.0649. The lowest BCUT2D eigenvalue weighted by Crippen LogP contribution is -2.22. The van der Waals surface area contributed by atoms with E-state index in [9.17, 15) is 14.9 Å². The van der Waals surface area contributed by atoms with Crippen LogP contribution in [0.15, 0.2) is 47.4 Å². The number of rotatable bonds is 5. The number of hydrogen-bond donors (Lipinski definition) is 1. The quantitative estimate of drug-likeness (QED) is 0.499. The number of fused-ring (bicyclic) bond motifs is 1. The van der Waals surface area contributed by atoms with Gasteiger partial charge in [0, 0.05) is 22.7 Å². The van der Waals surface area contributed by atoms with E-state index in [0.717, 1.165) is 4.90 Å². The van der Waals surface area contributed by atoms with E-state index in [1.807, 2.05) is 18.2 Å². The van der Waals surface area contributed by atoms with Crippen molar-refractivity contribution in [2.45, 2.75) is 17.1 Å². The molecule has 2 aromatic carbocycles. The minimum atomic E-state index is -0.497. The predicted molar refractivity (Wildman–Crippen MR) is 94.5 cm³/mol. The van der Waals surface area contributed by atoms with Crippen LogP contribution in [0.5, 0.6) is 11.5 Å². The fourth-order valence-corrected chi connectivity index (χ4v) is 3.19. The third-order valence-electron chi connectivity index (χ3n) is 3.52. The summed E-state index contributed by atoms with van der Waals surface area (Å²) in [7, 11) is 0. The van der Waals surface area contributed by atoms with Crippen molar-refractivity contribution in [2.75, 3.05) is 18.5 Å². The van der Waals surface area contributed by atoms with Gasteiger partial charge < -0.3 is 14.8 Å². The summed E-state index contributed by atoms with van der Waals surface area (Å²) >= 11 is 1.37. The molecular weight excluding hydrogens is 344 g/mol. The van der Waals surface area contributed by atoms with Crippen molar-refractivity contribution in [3.8, 4) is 11.5 Å². The molecule has 1 atom stereocenters. The average Bonchev–Trinajstić information content (AvgIpc) is 2.61. The highest BCUT2D eigenvalue weighted by Gasteiger charge is 2.18. The molecule has 7 nitrogen and oxygen atoms in total. The summed E-state index contributed by atoms with van der Waals surface area (Å²) in [4.78, 5) is 23.5. The Bertz CT molecular complexity index is 811. The summed E-state index contributed by atoms with van der Waals surface area (Å²) in [5, 5.41) is 13.1. The summed E-state index contributed by atoms with van der Waals surface area (Å²) in [5.41, 5.74) is 0.332. The molecule has 130 valence electrons. The summed E-state index contributed by atoms with van der Waals surface area (Å²) in [5.74, 6) is 1.13. The van der Waals surface area contributed by atoms with E-state index in [1.54, 1.807) is 13.0 Å². The zero-order valence-corrected chi connectivity index (χ0v) is 14.2. The van der Waals surface area contributed by atoms with E-state index >= 15 is 0 Å². The van der Waals surface area contributed by atoms with Crippen LogP contribution >= 0.6 is 11.8 Å². The standard InChI is InChI=1S/C17H16N2O5S/c1-11(17(20)18-12-3-2-4-13(9-12)19(21)22)25-14-5-6-15-16(10-14)24-8-7-23-15/h2-6,9-11H,7-8H2,1H3,(H,18,20)/t11-/m1/s1. The summed E-state index contributed by atoms with van der Waals surface area (Å²) < 4.78 is 11.0. The Morgan fingerprint density at radius 1 is 1.20 bits per heavy atom. The molecule has 1 heterocycles. The van der Waals surface area contributed by atoms with Crippen LogP contribution in [0.3, 0.4) is 0 Å². The molecule has 0 fully saturated rings. The Morgan fingerprint density at radius 3 is 2.72 bits per heavy atom. The second-order valence-corrected chi connectivity index (χ2v) is 6.78. The molecule has 0 aliphatic carbocycles. The predicted octanol–water partition coefficient (Wildman–Crippen LogP) is 3.49. The van der Waals surface area contributed by atoms with E-state index in [1.165, 1.54) is 30.0 Å². The number of nitrogens with zero attached hydrogens (tertiary/aromatic N) is 1. The van der Waals surface area contributed by atoms with Gasteiger partial charge in [-0.3, -0.25) is 14.9 Å². The monoisotopic (exact) mass is 360 g/mol. The molecule has 0 radical (unpaired) electrons. The lowest BCUT2D eigenvalue weighted by atomic mass is 10.2. The first kappa shape index (κ1) is 17.1. The number of nitro benzene ring substituents is 1. The zero-order valence-electron chi connectivity index (χ0n) is 13.4. The number of thioether (sulfide) groups is 1. The zero-order chi connectivity index (χ0) is 17.8. The topological polar surface area (TPSA) is 90.7 Å². The molecule has 3 rings (SSSR count). The maximum atomic E-state index is 12.3. The molecule has 0 spiro atoms. The molecule has 1 amide bonds. The molecule has 8 heteroatoms. The fraction of sp³-hybridized carbons (Fsp3) is 0.235. The highest BCUT2D eigenvalue weighted by atomic mass is 32.2. The van der Waals surface area contributed by atoms with Gasteiger partial charge in [0.25, 0.3) is 5.69 Å². The second kappa shape index (κ2) is 7.43. The van der Waals surface area contributed by atoms with E-state index < -0.39 is 4.92 Å². The number of anilines is 1. The van der Waals surface area contributed by atoms with Gasteiger partial charge in [-0.1, -0.05) is 6.07 Å². The van der Waals surface area contributed by atoms with Crippen molar-refractivity contribution in [1.29, 1.82) is 0 Å². The van der Waals surface area contributed by atoms with Crippen LogP contribution in [0.1, 0.15) is 6.92 Å². The fourth-order valence-electron chi connectivity index (χ4n) is 2.30. The molecule has 2 aromatic rings. The summed E-state index contributed by atoms with van der Waals surface area (Å²) in [6.45, 7) is 2.81. The number of hydrogen-bond acceptors (Lipinski definition) is 6. The van der Waals surface area contributed by atoms with Crippen LogP contribution < -0.4 is 14.8 Å². The molecule has 0 bridgehead atoms. The largest absolute Gasteiger partial charge is 0.486 e. The van der Waals surface area contributed by atoms with Crippen LogP contribution in [0, 0.1) is 10.1 Å². The van der Waals surface area contributed by atoms with Gasteiger partial charge in [0.05, 0.1) is 10.2 Å². The molecule has 0 unspecified atom stereocenters. The molecule has 1 N–H and O–H groups in total. The van der Waals surface area contributed by atoms with Crippen molar-refractivity contribution in [3.05, 3.63) is 52.6 Å². The number of ether oxygens (including phenoxy) is 2. The van der Waals surface area contributed by atoms with Crippen LogP contribution in [-0.2, 0) is 4.79 Å². The molecule has 1 aliphatic heterocycles. The highest BCUT2D eigenvalue weighted by molar-refractivity contribution is 8.00. The molecule has 0 saturated heterocycles. The van der Waals surface area contributed by atoms with Crippen molar-refractivity contribution >= 4 is 29.0 Å². The van der Waals surface area contributed by atoms with Crippen LogP contribution in [0.25, 0.3) is 0 Å². The van der Waals surface area contributed by atoms with Gasteiger partial charge in [0.1, 0.15) is 13.2 Å². The van der Waals surface area contributed by atoms with Crippen molar-refractivity contribution < 1.29 is 19.2 Å². The summed E-state index contributed by atoms with van der Waals surface area (Å²) in [6.07, 6.45) is 0. The van der Waals surface area contributed by atoms with Gasteiger partial charge in [-0.15, -0.1) is 11.8 Å². The lowest BCUT2D eigenvalue weighted by molar-refractivity contribution is -0.384. The van der Waals surface area contributed by atoms with E-state index in [0.29, 0.717) is 30.4 Å². The SMILES string of the molecule is C[C@@H](Sc1ccc2c(c1)OCCO2)C(=O)Nc1cccc([N+](=O)[O-])c1. The van der Waals surface area contributed by atoms with Crippen LogP contribution in [-0.4, -0.2) is 29.3 Å². The normalized spacial score (nSPS) is 13.8. The first-order valence-electron chi connectivity index (χ1n) is 7.64. The highest BCUT2D eigenvalue weighted by Crippen LogP contribution is 2.35. The van der Waals surface area contributed by atoms with E-state index in [4.69, 9.17) is 9.47 Å². The number of amides is 1. The van der Waals surface area contributed by atoms with Gasteiger partial charge in [-0.25, -0.2) is 0 Å². The van der Waals surface area contributed by atoms with E-state index in [2.05, 4.69) is 5.32 Å². The number of non-ortho nitro benzene ring substituents is 1. The molecular formula is C17H16N2O5S. The molecule has 1 aliphatic rings. The van der Waals surface area contributed by atoms with Crippen molar-refractivity contribution in [3.63, 3.8) is 0 Å². The lowest BCUT2D eigenvalue weighted by Gasteiger charge is -2.19. The van der Waals surface area contributed by atoms with Gasteiger partial charge >= 0.3 is 0 Å². The van der Waals surface area contributed by atoms with Crippen molar-refractivity contribution in [1.82, 2.24) is 0 Å². The molecule has 0 saturated carbocycles. The van der Waals surface area contributed by atoms with E-state index in [-0.39, 0.29) is 16.8 Å². The van der Waals surface area contributed by atoms with Crippen LogP contribution in [0.2, 0.25) is 0 Å². The smallest absolute Gasteiger partial charge is 0.271 e. The number of benzene rings is 2. The average molecular weight is 360 g/mol. The minimum Gasteiger partial charge on any atom is -0.486 e. The Kier molecular flexibility index (Phi) is 5.08.